The fourth-order valence-corrected chi connectivity index (χ4v) is 6.44. The van der Waals surface area contributed by atoms with Crippen LogP contribution >= 0.6 is 11.3 Å². The lowest BCUT2D eigenvalue weighted by Crippen LogP contribution is -2.46. The van der Waals surface area contributed by atoms with Gasteiger partial charge in [0.15, 0.2) is 5.78 Å². The number of carbonyl (C=O) groups is 3. The predicted molar refractivity (Wildman–Crippen MR) is 150 cm³/mol. The number of ketones is 1. The highest BCUT2D eigenvalue weighted by atomic mass is 32.1. The summed E-state index contributed by atoms with van der Waals surface area (Å²) >= 11 is 1.46. The number of anilines is 1. The number of para-hydroxylation sites is 1. The Balaban J connectivity index is 1.80. The first-order chi connectivity index (χ1) is 19.4. The number of ether oxygens (including phenoxy) is 2. The van der Waals surface area contributed by atoms with Crippen LogP contribution in [0.3, 0.4) is 0 Å². The SMILES string of the molecule is CCOC(=O)C1=C(N)N(c2ccccc2)C2=C(C(=O)[C@H](C(=O)OCC)[C@H](c3cccs3)C2)[C@H]1c1ccc(F)cc1. The Bertz CT molecular complexity index is 1480. The van der Waals surface area contributed by atoms with Crippen molar-refractivity contribution >= 4 is 34.7 Å². The molecule has 0 radical (unpaired) electrons. The van der Waals surface area contributed by atoms with Crippen LogP contribution < -0.4 is 10.6 Å². The molecule has 2 aliphatic rings. The smallest absolute Gasteiger partial charge is 0.338 e. The number of nitrogens with two attached hydrogens (primary N) is 1. The number of carbonyl (C=O) groups excluding carboxylic acids is 3. The highest BCUT2D eigenvalue weighted by molar-refractivity contribution is 7.10. The van der Waals surface area contributed by atoms with Gasteiger partial charge in [-0.3, -0.25) is 14.5 Å². The van der Waals surface area contributed by atoms with Crippen LogP contribution in [0.2, 0.25) is 0 Å². The zero-order valence-electron chi connectivity index (χ0n) is 22.1. The summed E-state index contributed by atoms with van der Waals surface area (Å²) in [5.74, 6) is -4.71. The fraction of sp³-hybridized carbons (Fsp3) is 0.258. The van der Waals surface area contributed by atoms with Crippen molar-refractivity contribution in [1.29, 1.82) is 0 Å². The largest absolute Gasteiger partial charge is 0.465 e. The quantitative estimate of drug-likeness (QED) is 0.305. The molecule has 9 heteroatoms. The van der Waals surface area contributed by atoms with Crippen molar-refractivity contribution in [3.63, 3.8) is 0 Å². The summed E-state index contributed by atoms with van der Waals surface area (Å²) in [6, 6.07) is 18.5. The van der Waals surface area contributed by atoms with E-state index in [1.807, 2.05) is 47.8 Å². The van der Waals surface area contributed by atoms with Crippen molar-refractivity contribution in [2.45, 2.75) is 32.1 Å². The van der Waals surface area contributed by atoms with Gasteiger partial charge in [0, 0.05) is 27.8 Å². The molecule has 2 aromatic carbocycles. The fourth-order valence-electron chi connectivity index (χ4n) is 5.57. The highest BCUT2D eigenvalue weighted by Gasteiger charge is 2.51. The van der Waals surface area contributed by atoms with E-state index in [0.29, 0.717) is 16.9 Å². The maximum Gasteiger partial charge on any atom is 0.338 e. The van der Waals surface area contributed by atoms with Gasteiger partial charge in [-0.25, -0.2) is 9.18 Å². The topological polar surface area (TPSA) is 98.9 Å². The van der Waals surface area contributed by atoms with E-state index in [1.165, 1.54) is 35.6 Å². The van der Waals surface area contributed by atoms with Crippen molar-refractivity contribution in [3.05, 3.63) is 111 Å². The van der Waals surface area contributed by atoms with E-state index in [9.17, 15) is 18.8 Å². The van der Waals surface area contributed by atoms with Crippen molar-refractivity contribution in [1.82, 2.24) is 0 Å². The third kappa shape index (κ3) is 4.81. The van der Waals surface area contributed by atoms with Crippen LogP contribution in [0.5, 0.6) is 0 Å². The Morgan fingerprint density at radius 3 is 2.33 bits per heavy atom. The number of Topliss-reactive ketones (excluding diaryl/α,β-unsaturated/α-hetero) is 1. The van der Waals surface area contributed by atoms with Gasteiger partial charge in [0.1, 0.15) is 17.6 Å². The van der Waals surface area contributed by atoms with Crippen LogP contribution in [-0.2, 0) is 23.9 Å². The van der Waals surface area contributed by atoms with E-state index in [2.05, 4.69) is 0 Å². The van der Waals surface area contributed by atoms with E-state index < -0.39 is 41.3 Å². The minimum atomic E-state index is -1.12. The van der Waals surface area contributed by atoms with Crippen LogP contribution in [0, 0.1) is 11.7 Å². The monoisotopic (exact) mass is 560 g/mol. The second-order valence-electron chi connectivity index (χ2n) is 9.46. The van der Waals surface area contributed by atoms with Gasteiger partial charge in [0.25, 0.3) is 0 Å². The molecule has 1 aliphatic carbocycles. The minimum Gasteiger partial charge on any atom is -0.465 e. The van der Waals surface area contributed by atoms with Gasteiger partial charge in [-0.15, -0.1) is 11.3 Å². The van der Waals surface area contributed by atoms with Crippen molar-refractivity contribution < 1.29 is 28.2 Å². The summed E-state index contributed by atoms with van der Waals surface area (Å²) in [5.41, 5.74) is 8.82. The zero-order chi connectivity index (χ0) is 28.4. The number of rotatable bonds is 7. The molecule has 0 saturated heterocycles. The molecule has 0 saturated carbocycles. The normalized spacial score (nSPS) is 20.8. The molecule has 2 heterocycles. The summed E-state index contributed by atoms with van der Waals surface area (Å²) < 4.78 is 24.8. The molecule has 40 heavy (non-hydrogen) atoms. The van der Waals surface area contributed by atoms with E-state index in [-0.39, 0.29) is 36.6 Å². The number of hydrogen-bond donors (Lipinski definition) is 1. The highest BCUT2D eigenvalue weighted by Crippen LogP contribution is 2.52. The van der Waals surface area contributed by atoms with Crippen molar-refractivity contribution in [2.24, 2.45) is 11.7 Å². The Kier molecular flexibility index (Phi) is 7.84. The molecule has 1 aromatic heterocycles. The molecule has 3 atom stereocenters. The molecular formula is C31H29FN2O5S. The average molecular weight is 561 g/mol. The van der Waals surface area contributed by atoms with Crippen LogP contribution in [0.15, 0.2) is 94.8 Å². The summed E-state index contributed by atoms with van der Waals surface area (Å²) in [5, 5.41) is 1.90. The summed E-state index contributed by atoms with van der Waals surface area (Å²) in [6.07, 6.45) is 0.286. The van der Waals surface area contributed by atoms with Gasteiger partial charge in [0.2, 0.25) is 0 Å². The Labute approximate surface area is 235 Å². The Morgan fingerprint density at radius 1 is 1.00 bits per heavy atom. The van der Waals surface area contributed by atoms with Gasteiger partial charge in [-0.2, -0.15) is 0 Å². The molecule has 7 nitrogen and oxygen atoms in total. The maximum absolute atomic E-state index is 14.6. The number of hydrogen-bond acceptors (Lipinski definition) is 8. The minimum absolute atomic E-state index is 0.0570. The van der Waals surface area contributed by atoms with E-state index in [4.69, 9.17) is 15.2 Å². The molecule has 0 amide bonds. The van der Waals surface area contributed by atoms with Crippen LogP contribution in [0.1, 0.15) is 42.5 Å². The molecule has 1 aliphatic heterocycles. The molecular weight excluding hydrogens is 531 g/mol. The second kappa shape index (κ2) is 11.5. The second-order valence-corrected chi connectivity index (χ2v) is 10.4. The van der Waals surface area contributed by atoms with Crippen LogP contribution in [0.25, 0.3) is 0 Å². The standard InChI is InChI=1S/C31H29FN2O5S/c1-3-38-30(36)25-21(23-11-8-16-40-23)17-22-26(28(25)35)24(18-12-14-19(32)15-13-18)27(31(37)39-4-2)29(33)34(22)20-9-6-5-7-10-20/h5-16,21,24-25H,3-4,17,33H2,1-2H3/t21-,24+,25+/m0/s1. The Hall–Kier alpha value is -4.24. The predicted octanol–water partition coefficient (Wildman–Crippen LogP) is 5.41. The average Bonchev–Trinajstić information content (AvgIpc) is 3.48. The first-order valence-corrected chi connectivity index (χ1v) is 14.0. The number of halogens is 1. The lowest BCUT2D eigenvalue weighted by Gasteiger charge is -2.43. The van der Waals surface area contributed by atoms with Crippen LogP contribution in [-0.4, -0.2) is 30.9 Å². The van der Waals surface area contributed by atoms with Gasteiger partial charge in [-0.1, -0.05) is 36.4 Å². The molecule has 5 rings (SSSR count). The van der Waals surface area contributed by atoms with E-state index >= 15 is 0 Å². The van der Waals surface area contributed by atoms with Gasteiger partial charge < -0.3 is 15.2 Å². The lowest BCUT2D eigenvalue weighted by atomic mass is 9.68. The lowest BCUT2D eigenvalue weighted by molar-refractivity contribution is -0.152. The summed E-state index contributed by atoms with van der Waals surface area (Å²) in [6.45, 7) is 3.57. The number of thiophene rings is 1. The molecule has 2 N–H and O–H groups in total. The van der Waals surface area contributed by atoms with E-state index in [1.54, 1.807) is 18.7 Å². The first-order valence-electron chi connectivity index (χ1n) is 13.1. The summed E-state index contributed by atoms with van der Waals surface area (Å²) in [7, 11) is 0. The van der Waals surface area contributed by atoms with Crippen molar-refractivity contribution in [2.75, 3.05) is 18.1 Å². The number of benzene rings is 2. The molecule has 0 unspecified atom stereocenters. The number of nitrogens with zero attached hydrogens (tertiary/aromatic N) is 1. The van der Waals surface area contributed by atoms with Crippen molar-refractivity contribution in [3.8, 4) is 0 Å². The molecule has 206 valence electrons. The van der Waals surface area contributed by atoms with Gasteiger partial charge in [0.05, 0.1) is 24.7 Å². The summed E-state index contributed by atoms with van der Waals surface area (Å²) in [4.78, 5) is 44.0. The first kappa shape index (κ1) is 27.3. The van der Waals surface area contributed by atoms with Gasteiger partial charge in [-0.05, 0) is 61.5 Å². The molecule has 0 bridgehead atoms. The Morgan fingerprint density at radius 2 is 1.70 bits per heavy atom. The third-order valence-corrected chi connectivity index (χ3v) is 8.21. The zero-order valence-corrected chi connectivity index (χ0v) is 23.0. The molecule has 3 aromatic rings. The number of esters is 2. The molecule has 0 fully saturated rings. The maximum atomic E-state index is 14.6. The van der Waals surface area contributed by atoms with Crippen LogP contribution in [0.4, 0.5) is 10.1 Å². The number of allylic oxidation sites excluding steroid dienone is 2. The van der Waals surface area contributed by atoms with E-state index in [0.717, 1.165) is 4.88 Å². The van der Waals surface area contributed by atoms with Gasteiger partial charge >= 0.3 is 11.9 Å². The molecule has 0 spiro atoms. The third-order valence-electron chi connectivity index (χ3n) is 7.20.